The van der Waals surface area contributed by atoms with Crippen LogP contribution in [0.25, 0.3) is 0 Å². The van der Waals surface area contributed by atoms with E-state index in [4.69, 9.17) is 10.00 Å². The second-order valence-electron chi connectivity index (χ2n) is 4.14. The van der Waals surface area contributed by atoms with Gasteiger partial charge in [-0.05, 0) is 19.3 Å². The summed E-state index contributed by atoms with van der Waals surface area (Å²) in [4.78, 5) is 0. The Kier molecular flexibility index (Phi) is 5.63. The highest BCUT2D eigenvalue weighted by Gasteiger charge is 2.24. The maximum Gasteiger partial charge on any atom is 0.0733 e. The summed E-state index contributed by atoms with van der Waals surface area (Å²) in [5, 5.41) is 8.93. The van der Waals surface area contributed by atoms with Crippen molar-refractivity contribution in [3.63, 3.8) is 0 Å². The minimum Gasteiger partial charge on any atom is -0.377 e. The number of nitriles is 1. The number of ether oxygens (including phenoxy) is 1. The average molecular weight is 195 g/mol. The van der Waals surface area contributed by atoms with Gasteiger partial charge in [0.05, 0.1) is 18.1 Å². The van der Waals surface area contributed by atoms with E-state index in [1.165, 1.54) is 25.7 Å². The molecule has 2 unspecified atom stereocenters. The van der Waals surface area contributed by atoms with Gasteiger partial charge in [0.2, 0.25) is 0 Å². The number of rotatable bonds is 5. The van der Waals surface area contributed by atoms with Gasteiger partial charge in [-0.3, -0.25) is 0 Å². The fourth-order valence-corrected chi connectivity index (χ4v) is 2.04. The lowest BCUT2D eigenvalue weighted by atomic mass is 9.92. The zero-order chi connectivity index (χ0) is 10.2. The summed E-state index contributed by atoms with van der Waals surface area (Å²) < 4.78 is 5.64. The van der Waals surface area contributed by atoms with Crippen LogP contribution in [0.2, 0.25) is 0 Å². The minimum atomic E-state index is 0.158. The van der Waals surface area contributed by atoms with Crippen LogP contribution >= 0.6 is 0 Å². The molecule has 0 amide bonds. The van der Waals surface area contributed by atoms with Crippen LogP contribution in [-0.4, -0.2) is 12.7 Å². The van der Waals surface area contributed by atoms with Crippen LogP contribution in [0.15, 0.2) is 0 Å². The van der Waals surface area contributed by atoms with Gasteiger partial charge in [0, 0.05) is 6.61 Å². The summed E-state index contributed by atoms with van der Waals surface area (Å²) >= 11 is 0. The lowest BCUT2D eigenvalue weighted by molar-refractivity contribution is -0.0144. The molecule has 14 heavy (non-hydrogen) atoms. The third kappa shape index (κ3) is 3.67. The van der Waals surface area contributed by atoms with Gasteiger partial charge in [-0.25, -0.2) is 0 Å². The SMILES string of the molecule is CCCCCCC1OCCCC1C#N. The Morgan fingerprint density at radius 2 is 2.21 bits per heavy atom. The molecule has 2 nitrogen and oxygen atoms in total. The highest BCUT2D eigenvalue weighted by atomic mass is 16.5. The molecule has 80 valence electrons. The molecule has 0 N–H and O–H groups in total. The van der Waals surface area contributed by atoms with Crippen molar-refractivity contribution >= 4 is 0 Å². The first-order chi connectivity index (χ1) is 6.88. The molecular formula is C12H21NO. The molecule has 0 saturated carbocycles. The van der Waals surface area contributed by atoms with Gasteiger partial charge < -0.3 is 4.74 Å². The molecule has 0 aromatic rings. The summed E-state index contributed by atoms with van der Waals surface area (Å²) in [6.07, 6.45) is 8.49. The van der Waals surface area contributed by atoms with Gasteiger partial charge in [-0.15, -0.1) is 0 Å². The molecule has 0 aromatic heterocycles. The summed E-state index contributed by atoms with van der Waals surface area (Å²) in [6, 6.07) is 2.37. The van der Waals surface area contributed by atoms with E-state index >= 15 is 0 Å². The maximum atomic E-state index is 8.93. The lowest BCUT2D eigenvalue weighted by Crippen LogP contribution is -2.28. The van der Waals surface area contributed by atoms with Gasteiger partial charge in [-0.1, -0.05) is 32.6 Å². The van der Waals surface area contributed by atoms with E-state index in [1.807, 2.05) is 0 Å². The smallest absolute Gasteiger partial charge is 0.0733 e. The summed E-state index contributed by atoms with van der Waals surface area (Å²) in [6.45, 7) is 3.08. The minimum absolute atomic E-state index is 0.158. The zero-order valence-corrected chi connectivity index (χ0v) is 9.17. The number of unbranched alkanes of at least 4 members (excludes halogenated alkanes) is 3. The Morgan fingerprint density at radius 1 is 1.36 bits per heavy atom. The van der Waals surface area contributed by atoms with Crippen LogP contribution in [0.1, 0.15) is 51.9 Å². The molecule has 1 fully saturated rings. The third-order valence-electron chi connectivity index (χ3n) is 2.95. The molecule has 1 aliphatic heterocycles. The molecule has 0 spiro atoms. The Morgan fingerprint density at radius 3 is 2.93 bits per heavy atom. The molecular weight excluding hydrogens is 174 g/mol. The highest BCUT2D eigenvalue weighted by molar-refractivity contribution is 4.90. The van der Waals surface area contributed by atoms with E-state index in [0.29, 0.717) is 0 Å². The van der Waals surface area contributed by atoms with Gasteiger partial charge >= 0.3 is 0 Å². The molecule has 2 atom stereocenters. The standard InChI is InChI=1S/C12H21NO/c1-2-3-4-5-8-12-11(10-13)7-6-9-14-12/h11-12H,2-9H2,1H3. The monoisotopic (exact) mass is 195 g/mol. The molecule has 0 bridgehead atoms. The first-order valence-corrected chi connectivity index (χ1v) is 5.89. The van der Waals surface area contributed by atoms with Crippen molar-refractivity contribution in [1.82, 2.24) is 0 Å². The van der Waals surface area contributed by atoms with Crippen LogP contribution in [0.4, 0.5) is 0 Å². The van der Waals surface area contributed by atoms with Crippen LogP contribution in [0.5, 0.6) is 0 Å². The molecule has 2 heteroatoms. The molecule has 1 rings (SSSR count). The zero-order valence-electron chi connectivity index (χ0n) is 9.17. The van der Waals surface area contributed by atoms with Crippen molar-refractivity contribution in [2.24, 2.45) is 5.92 Å². The summed E-state index contributed by atoms with van der Waals surface area (Å²) in [7, 11) is 0. The fraction of sp³-hybridized carbons (Fsp3) is 0.917. The Hall–Kier alpha value is -0.550. The Balaban J connectivity index is 2.17. The second-order valence-corrected chi connectivity index (χ2v) is 4.14. The molecule has 0 aromatic carbocycles. The summed E-state index contributed by atoms with van der Waals surface area (Å²) in [5.41, 5.74) is 0. The second kappa shape index (κ2) is 6.84. The van der Waals surface area contributed by atoms with Crippen LogP contribution in [0, 0.1) is 17.2 Å². The quantitative estimate of drug-likeness (QED) is 0.631. The van der Waals surface area contributed by atoms with Gasteiger partial charge in [0.25, 0.3) is 0 Å². The normalized spacial score (nSPS) is 27.1. The van der Waals surface area contributed by atoms with E-state index in [1.54, 1.807) is 0 Å². The Labute approximate surface area is 87.3 Å². The Bertz CT molecular complexity index is 185. The van der Waals surface area contributed by atoms with E-state index in [2.05, 4.69) is 13.0 Å². The largest absolute Gasteiger partial charge is 0.377 e. The molecule has 1 saturated heterocycles. The first-order valence-electron chi connectivity index (χ1n) is 5.89. The van der Waals surface area contributed by atoms with Crippen molar-refractivity contribution in [3.8, 4) is 6.07 Å². The predicted octanol–water partition coefficient (Wildman–Crippen LogP) is 3.28. The van der Waals surface area contributed by atoms with E-state index in [0.717, 1.165) is 25.9 Å². The van der Waals surface area contributed by atoms with E-state index in [-0.39, 0.29) is 12.0 Å². The van der Waals surface area contributed by atoms with Gasteiger partial charge in [0.15, 0.2) is 0 Å². The highest BCUT2D eigenvalue weighted by Crippen LogP contribution is 2.24. The molecule has 1 heterocycles. The van der Waals surface area contributed by atoms with E-state index in [9.17, 15) is 0 Å². The summed E-state index contributed by atoms with van der Waals surface area (Å²) in [5.74, 6) is 0.158. The van der Waals surface area contributed by atoms with Crippen LogP contribution in [-0.2, 0) is 4.74 Å². The van der Waals surface area contributed by atoms with Gasteiger partial charge in [-0.2, -0.15) is 5.26 Å². The number of hydrogen-bond donors (Lipinski definition) is 0. The topological polar surface area (TPSA) is 33.0 Å². The molecule has 0 aliphatic carbocycles. The molecule has 0 radical (unpaired) electrons. The molecule has 1 aliphatic rings. The van der Waals surface area contributed by atoms with E-state index < -0.39 is 0 Å². The predicted molar refractivity (Wildman–Crippen MR) is 56.8 cm³/mol. The number of hydrogen-bond acceptors (Lipinski definition) is 2. The van der Waals surface area contributed by atoms with Crippen molar-refractivity contribution in [2.45, 2.75) is 58.0 Å². The van der Waals surface area contributed by atoms with Crippen LogP contribution < -0.4 is 0 Å². The average Bonchev–Trinajstić information content (AvgIpc) is 2.25. The van der Waals surface area contributed by atoms with Crippen molar-refractivity contribution < 1.29 is 4.74 Å². The van der Waals surface area contributed by atoms with Crippen molar-refractivity contribution in [2.75, 3.05) is 6.61 Å². The fourth-order valence-electron chi connectivity index (χ4n) is 2.04. The van der Waals surface area contributed by atoms with Crippen molar-refractivity contribution in [1.29, 1.82) is 5.26 Å². The van der Waals surface area contributed by atoms with Gasteiger partial charge in [0.1, 0.15) is 0 Å². The lowest BCUT2D eigenvalue weighted by Gasteiger charge is -2.27. The number of nitrogens with zero attached hydrogens (tertiary/aromatic N) is 1. The maximum absolute atomic E-state index is 8.93. The first kappa shape index (κ1) is 11.5. The van der Waals surface area contributed by atoms with Crippen molar-refractivity contribution in [3.05, 3.63) is 0 Å². The third-order valence-corrected chi connectivity index (χ3v) is 2.95. The van der Waals surface area contributed by atoms with Crippen LogP contribution in [0.3, 0.4) is 0 Å².